The Morgan fingerprint density at radius 2 is 2.05 bits per heavy atom. The summed E-state index contributed by atoms with van der Waals surface area (Å²) in [7, 11) is 1.91. The number of unbranched alkanes of at least 4 members (excludes halogenated alkanes) is 2. The van der Waals surface area contributed by atoms with E-state index < -0.39 is 0 Å². The molecule has 1 atom stereocenters. The minimum atomic E-state index is -0.359. The molecule has 3 N–H and O–H groups in total. The first-order chi connectivity index (χ1) is 18.4. The minimum absolute atomic E-state index is 0.207. The molecule has 4 heterocycles. The summed E-state index contributed by atoms with van der Waals surface area (Å²) in [5.74, 6) is 0.795. The number of imidazole rings is 1. The second-order valence-corrected chi connectivity index (χ2v) is 10.5. The van der Waals surface area contributed by atoms with Crippen LogP contribution in [0.15, 0.2) is 35.7 Å². The van der Waals surface area contributed by atoms with Crippen molar-refractivity contribution in [1.29, 1.82) is 0 Å². The lowest BCUT2D eigenvalue weighted by molar-refractivity contribution is -0.119. The van der Waals surface area contributed by atoms with Crippen molar-refractivity contribution in [3.05, 3.63) is 36.4 Å². The Labute approximate surface area is 222 Å². The quantitative estimate of drug-likeness (QED) is 0.329. The number of aromatic nitrogens is 4. The van der Waals surface area contributed by atoms with Gasteiger partial charge in [0, 0.05) is 56.3 Å². The van der Waals surface area contributed by atoms with E-state index in [0.29, 0.717) is 43.0 Å². The molecule has 2 aliphatic rings. The number of Topliss-reactive ketones (excluding diaryl/α,β-unsaturated/α-hetero) is 1. The Balaban J connectivity index is 1.28. The van der Waals surface area contributed by atoms with Gasteiger partial charge in [0.15, 0.2) is 0 Å². The van der Waals surface area contributed by atoms with Crippen LogP contribution < -0.4 is 10.6 Å². The molecule has 5 rings (SSSR count). The summed E-state index contributed by atoms with van der Waals surface area (Å²) in [4.78, 5) is 38.8. The molecule has 10 heteroatoms. The van der Waals surface area contributed by atoms with Gasteiger partial charge in [-0.2, -0.15) is 5.10 Å². The van der Waals surface area contributed by atoms with Crippen molar-refractivity contribution in [3.8, 4) is 11.3 Å². The molecule has 38 heavy (non-hydrogen) atoms. The smallest absolute Gasteiger partial charge is 0.269 e. The lowest BCUT2D eigenvalue weighted by Gasteiger charge is -2.30. The van der Waals surface area contributed by atoms with E-state index in [2.05, 4.69) is 36.9 Å². The van der Waals surface area contributed by atoms with E-state index in [1.807, 2.05) is 38.5 Å². The number of piperidine rings is 1. The largest absolute Gasteiger partial charge is 0.388 e. The molecule has 2 aromatic heterocycles. The Hall–Kier alpha value is -3.53. The lowest BCUT2D eigenvalue weighted by Crippen LogP contribution is -2.43. The van der Waals surface area contributed by atoms with Crippen LogP contribution in [0.2, 0.25) is 0 Å². The summed E-state index contributed by atoms with van der Waals surface area (Å²) >= 11 is 0. The predicted molar refractivity (Wildman–Crippen MR) is 146 cm³/mol. The van der Waals surface area contributed by atoms with Crippen LogP contribution in [0.3, 0.4) is 0 Å². The van der Waals surface area contributed by atoms with Crippen molar-refractivity contribution in [2.24, 2.45) is 12.2 Å². The van der Waals surface area contributed by atoms with Gasteiger partial charge in [-0.05, 0) is 38.1 Å². The van der Waals surface area contributed by atoms with Gasteiger partial charge >= 0.3 is 0 Å². The molecular weight excluding hydrogens is 482 g/mol. The number of rotatable bonds is 11. The predicted octanol–water partition coefficient (Wildman–Crippen LogP) is 3.95. The highest BCUT2D eigenvalue weighted by molar-refractivity contribution is 6.39. The molecule has 202 valence electrons. The van der Waals surface area contributed by atoms with E-state index in [0.717, 1.165) is 67.4 Å². The molecular formula is C28H37N7O3. The summed E-state index contributed by atoms with van der Waals surface area (Å²) in [6, 6.07) is 5.80. The molecule has 2 aliphatic heterocycles. The first-order valence-corrected chi connectivity index (χ1v) is 13.7. The molecule has 0 bridgehead atoms. The number of nitrogens with zero attached hydrogens (tertiary/aromatic N) is 4. The fourth-order valence-electron chi connectivity index (χ4n) is 5.31. The summed E-state index contributed by atoms with van der Waals surface area (Å²) in [5, 5.41) is 16.2. The number of oxime groups is 1. The zero-order valence-electron chi connectivity index (χ0n) is 22.3. The third-order valence-electron chi connectivity index (χ3n) is 7.62. The van der Waals surface area contributed by atoms with Crippen molar-refractivity contribution in [2.75, 3.05) is 13.1 Å². The second kappa shape index (κ2) is 11.5. The molecule has 1 spiro atoms. The van der Waals surface area contributed by atoms with Crippen molar-refractivity contribution in [2.45, 2.75) is 76.4 Å². The Morgan fingerprint density at radius 1 is 1.21 bits per heavy atom. The molecule has 0 radical (unpaired) electrons. The van der Waals surface area contributed by atoms with Gasteiger partial charge in [-0.1, -0.05) is 31.0 Å². The Bertz CT molecular complexity index is 1320. The van der Waals surface area contributed by atoms with Gasteiger partial charge in [-0.3, -0.25) is 14.3 Å². The van der Waals surface area contributed by atoms with E-state index in [9.17, 15) is 9.59 Å². The van der Waals surface area contributed by atoms with Gasteiger partial charge < -0.3 is 20.5 Å². The fourth-order valence-corrected chi connectivity index (χ4v) is 5.31. The van der Waals surface area contributed by atoms with Crippen molar-refractivity contribution >= 4 is 28.3 Å². The molecule has 0 saturated carbocycles. The van der Waals surface area contributed by atoms with Crippen LogP contribution in [-0.4, -0.2) is 55.8 Å². The molecule has 1 aromatic carbocycles. The van der Waals surface area contributed by atoms with Crippen LogP contribution >= 0.6 is 0 Å². The SMILES string of the molecule is CCC(=O)CCCCCC(NC(=O)C1=NOC2(CCNCC2)C1)c1ncc(-c2ccc3nn(C)cc3c2)[nH]1. The molecule has 10 nitrogen and oxygen atoms in total. The summed E-state index contributed by atoms with van der Waals surface area (Å²) < 4.78 is 1.80. The molecule has 1 unspecified atom stereocenters. The summed E-state index contributed by atoms with van der Waals surface area (Å²) in [6.45, 7) is 3.64. The first kappa shape index (κ1) is 26.1. The van der Waals surface area contributed by atoms with E-state index in [1.165, 1.54) is 0 Å². The standard InChI is InChI=1S/C28H37N7O3/c1-3-21(36)7-5-4-6-8-23(32-27(37)24-16-28(38-34-24)11-13-29-14-12-28)26-30-17-25(31-26)19-9-10-22-20(15-19)18-35(2)33-22/h9-10,15,17-18,23,29H,3-8,11-14,16H2,1-2H3,(H,30,31)(H,32,37). The number of hydrogen-bond donors (Lipinski definition) is 3. The highest BCUT2D eigenvalue weighted by Gasteiger charge is 2.42. The number of aryl methyl sites for hydroxylation is 1. The Kier molecular flexibility index (Phi) is 7.87. The van der Waals surface area contributed by atoms with Crippen molar-refractivity contribution in [1.82, 2.24) is 30.4 Å². The maximum atomic E-state index is 13.3. The third-order valence-corrected chi connectivity index (χ3v) is 7.62. The van der Waals surface area contributed by atoms with Crippen LogP contribution in [0.5, 0.6) is 0 Å². The normalized spacial score (nSPS) is 17.4. The zero-order valence-corrected chi connectivity index (χ0v) is 22.3. The average molecular weight is 520 g/mol. The summed E-state index contributed by atoms with van der Waals surface area (Å²) in [5.41, 5.74) is 2.91. The van der Waals surface area contributed by atoms with Gasteiger partial charge in [-0.25, -0.2) is 4.98 Å². The number of carbonyl (C=O) groups excluding carboxylic acids is 2. The third kappa shape index (κ3) is 5.96. The van der Waals surface area contributed by atoms with Crippen molar-refractivity contribution in [3.63, 3.8) is 0 Å². The highest BCUT2D eigenvalue weighted by Crippen LogP contribution is 2.33. The number of ketones is 1. The number of nitrogens with one attached hydrogen (secondary N) is 3. The van der Waals surface area contributed by atoms with Crippen molar-refractivity contribution < 1.29 is 14.4 Å². The van der Waals surface area contributed by atoms with E-state index >= 15 is 0 Å². The number of hydrogen-bond acceptors (Lipinski definition) is 7. The number of H-pyrrole nitrogens is 1. The van der Waals surface area contributed by atoms with Crippen LogP contribution in [0, 0.1) is 0 Å². The van der Waals surface area contributed by atoms with E-state index in [4.69, 9.17) is 4.84 Å². The molecule has 1 amide bonds. The number of fused-ring (bicyclic) bond motifs is 1. The number of amides is 1. The van der Waals surface area contributed by atoms with E-state index in [-0.39, 0.29) is 17.6 Å². The topological polar surface area (TPSA) is 126 Å². The Morgan fingerprint density at radius 3 is 2.87 bits per heavy atom. The van der Waals surface area contributed by atoms with Gasteiger partial charge in [0.05, 0.1) is 23.4 Å². The average Bonchev–Trinajstić information content (AvgIpc) is 3.66. The lowest BCUT2D eigenvalue weighted by atomic mass is 9.87. The van der Waals surface area contributed by atoms with Crippen LogP contribution in [-0.2, 0) is 21.5 Å². The van der Waals surface area contributed by atoms with Crippen LogP contribution in [0.25, 0.3) is 22.2 Å². The minimum Gasteiger partial charge on any atom is -0.388 e. The number of carbonyl (C=O) groups is 2. The zero-order chi connectivity index (χ0) is 26.5. The first-order valence-electron chi connectivity index (χ1n) is 13.7. The van der Waals surface area contributed by atoms with Crippen LogP contribution in [0.1, 0.15) is 76.6 Å². The van der Waals surface area contributed by atoms with Crippen LogP contribution in [0.4, 0.5) is 0 Å². The fraction of sp³-hybridized carbons (Fsp3) is 0.536. The maximum Gasteiger partial charge on any atom is 0.269 e. The maximum absolute atomic E-state index is 13.3. The van der Waals surface area contributed by atoms with Gasteiger partial charge in [-0.15, -0.1) is 0 Å². The molecule has 0 aliphatic carbocycles. The van der Waals surface area contributed by atoms with Gasteiger partial charge in [0.1, 0.15) is 22.9 Å². The number of benzene rings is 1. The molecule has 1 fully saturated rings. The number of aromatic amines is 1. The van der Waals surface area contributed by atoms with Gasteiger partial charge in [0.2, 0.25) is 0 Å². The molecule has 1 saturated heterocycles. The van der Waals surface area contributed by atoms with E-state index in [1.54, 1.807) is 4.68 Å². The van der Waals surface area contributed by atoms with Gasteiger partial charge in [0.25, 0.3) is 5.91 Å². The molecule has 3 aromatic rings. The summed E-state index contributed by atoms with van der Waals surface area (Å²) in [6.07, 6.45) is 10.6. The second-order valence-electron chi connectivity index (χ2n) is 10.5. The highest BCUT2D eigenvalue weighted by atomic mass is 16.7. The monoisotopic (exact) mass is 519 g/mol.